The molecule has 0 aliphatic carbocycles. The Morgan fingerprint density at radius 1 is 1.33 bits per heavy atom. The minimum atomic E-state index is -3.10. The van der Waals surface area contributed by atoms with E-state index in [-0.39, 0.29) is 5.75 Å². The first-order chi connectivity index (χ1) is 8.54. The second-order valence-electron chi connectivity index (χ2n) is 4.53. The van der Waals surface area contributed by atoms with Gasteiger partial charge in [-0.15, -0.1) is 0 Å². The Balaban J connectivity index is 2.17. The highest BCUT2D eigenvalue weighted by atomic mass is 32.2. The molecule has 0 amide bonds. The molecule has 5 heteroatoms. The van der Waals surface area contributed by atoms with Crippen LogP contribution in [0.3, 0.4) is 0 Å². The van der Waals surface area contributed by atoms with E-state index in [0.29, 0.717) is 10.9 Å². The van der Waals surface area contributed by atoms with Crippen molar-refractivity contribution in [1.82, 2.24) is 0 Å². The quantitative estimate of drug-likeness (QED) is 0.835. The van der Waals surface area contributed by atoms with Gasteiger partial charge in [-0.05, 0) is 30.7 Å². The molecule has 1 unspecified atom stereocenters. The lowest BCUT2D eigenvalue weighted by Gasteiger charge is -2.25. The van der Waals surface area contributed by atoms with E-state index in [0.717, 1.165) is 25.3 Å². The maximum Gasteiger partial charge on any atom is 0.178 e. The fourth-order valence-electron chi connectivity index (χ4n) is 2.09. The molecule has 1 aromatic rings. The number of benzene rings is 1. The monoisotopic (exact) mass is 269 g/mol. The molecule has 4 nitrogen and oxygen atoms in total. The lowest BCUT2D eigenvalue weighted by atomic mass is 10.2. The lowest BCUT2D eigenvalue weighted by Crippen LogP contribution is -2.31. The van der Waals surface area contributed by atoms with Crippen LogP contribution in [0.1, 0.15) is 13.3 Å². The molecular weight excluding hydrogens is 250 g/mol. The van der Waals surface area contributed by atoms with Crippen molar-refractivity contribution in [1.29, 1.82) is 0 Å². The molecule has 0 radical (unpaired) electrons. The highest BCUT2D eigenvalue weighted by Gasteiger charge is 2.21. The van der Waals surface area contributed by atoms with Crippen LogP contribution in [0.5, 0.6) is 0 Å². The van der Waals surface area contributed by atoms with Crippen molar-refractivity contribution >= 4 is 15.5 Å². The van der Waals surface area contributed by atoms with E-state index in [4.69, 9.17) is 4.74 Å². The van der Waals surface area contributed by atoms with Crippen molar-refractivity contribution in [3.05, 3.63) is 24.3 Å². The molecule has 1 fully saturated rings. The summed E-state index contributed by atoms with van der Waals surface area (Å²) in [6, 6.07) is 7.47. The van der Waals surface area contributed by atoms with Crippen LogP contribution in [0.2, 0.25) is 0 Å². The molecule has 2 rings (SSSR count). The van der Waals surface area contributed by atoms with Crippen LogP contribution in [-0.2, 0) is 14.6 Å². The number of likely N-dealkylation sites (N-methyl/N-ethyl adjacent to an activating group) is 1. The standard InChI is InChI=1S/C13H19NO3S/c1-3-18(15,16)13-6-4-11(5-7-13)14(2)12-8-9-17-10-12/h4-7,12H,3,8-10H2,1-2H3. The maximum atomic E-state index is 11.7. The Morgan fingerprint density at radius 3 is 2.50 bits per heavy atom. The van der Waals surface area contributed by atoms with Gasteiger partial charge < -0.3 is 9.64 Å². The Bertz CT molecular complexity index is 489. The Kier molecular flexibility index (Phi) is 3.92. The normalized spacial score (nSPS) is 20.0. The van der Waals surface area contributed by atoms with Gasteiger partial charge in [0.1, 0.15) is 0 Å². The third kappa shape index (κ3) is 2.67. The molecule has 1 aliphatic rings. The highest BCUT2D eigenvalue weighted by molar-refractivity contribution is 7.91. The number of nitrogens with zero attached hydrogens (tertiary/aromatic N) is 1. The molecule has 0 saturated carbocycles. The summed E-state index contributed by atoms with van der Waals surface area (Å²) in [5.41, 5.74) is 1.03. The van der Waals surface area contributed by atoms with E-state index in [2.05, 4.69) is 4.90 Å². The summed E-state index contributed by atoms with van der Waals surface area (Å²) in [5.74, 6) is 0.138. The van der Waals surface area contributed by atoms with Gasteiger partial charge in [-0.2, -0.15) is 0 Å². The van der Waals surface area contributed by atoms with Gasteiger partial charge in [0.15, 0.2) is 9.84 Å². The molecule has 0 spiro atoms. The number of hydrogen-bond acceptors (Lipinski definition) is 4. The van der Waals surface area contributed by atoms with Crippen molar-refractivity contribution in [2.45, 2.75) is 24.3 Å². The van der Waals surface area contributed by atoms with Crippen LogP contribution in [0.4, 0.5) is 5.69 Å². The number of hydrogen-bond donors (Lipinski definition) is 0. The Hall–Kier alpha value is -1.07. The first kappa shape index (κ1) is 13.4. The van der Waals surface area contributed by atoms with E-state index in [1.54, 1.807) is 19.1 Å². The van der Waals surface area contributed by atoms with Gasteiger partial charge in [0.05, 0.1) is 23.3 Å². The molecule has 1 aromatic carbocycles. The summed E-state index contributed by atoms with van der Waals surface area (Å²) in [4.78, 5) is 2.54. The average molecular weight is 269 g/mol. The van der Waals surface area contributed by atoms with Crippen LogP contribution < -0.4 is 4.90 Å². The van der Waals surface area contributed by atoms with Gasteiger partial charge >= 0.3 is 0 Å². The lowest BCUT2D eigenvalue weighted by molar-refractivity contribution is 0.193. The Labute approximate surface area is 108 Å². The number of sulfone groups is 1. The summed E-state index contributed by atoms with van der Waals surface area (Å²) in [6.45, 7) is 3.20. The summed E-state index contributed by atoms with van der Waals surface area (Å²) >= 11 is 0. The van der Waals surface area contributed by atoms with Crippen LogP contribution in [0.25, 0.3) is 0 Å². The number of ether oxygens (including phenoxy) is 1. The van der Waals surface area contributed by atoms with Gasteiger partial charge in [0.25, 0.3) is 0 Å². The predicted octanol–water partition coefficient (Wildman–Crippen LogP) is 1.71. The third-order valence-corrected chi connectivity index (χ3v) is 5.19. The van der Waals surface area contributed by atoms with E-state index in [1.807, 2.05) is 19.2 Å². The van der Waals surface area contributed by atoms with Crippen molar-refractivity contribution < 1.29 is 13.2 Å². The van der Waals surface area contributed by atoms with Crippen LogP contribution in [0, 0.1) is 0 Å². The van der Waals surface area contributed by atoms with Crippen LogP contribution >= 0.6 is 0 Å². The highest BCUT2D eigenvalue weighted by Crippen LogP contribution is 2.22. The SMILES string of the molecule is CCS(=O)(=O)c1ccc(N(C)C2CCOC2)cc1. The molecule has 0 N–H and O–H groups in total. The topological polar surface area (TPSA) is 46.6 Å². The smallest absolute Gasteiger partial charge is 0.178 e. The molecule has 100 valence electrons. The summed E-state index contributed by atoms with van der Waals surface area (Å²) in [5, 5.41) is 0. The molecule has 1 saturated heterocycles. The van der Waals surface area contributed by atoms with E-state index >= 15 is 0 Å². The maximum absolute atomic E-state index is 11.7. The van der Waals surface area contributed by atoms with E-state index < -0.39 is 9.84 Å². The zero-order valence-corrected chi connectivity index (χ0v) is 11.6. The first-order valence-electron chi connectivity index (χ1n) is 6.18. The van der Waals surface area contributed by atoms with Crippen LogP contribution in [-0.4, -0.2) is 40.5 Å². The summed E-state index contributed by atoms with van der Waals surface area (Å²) in [7, 11) is -1.09. The molecule has 1 heterocycles. The van der Waals surface area contributed by atoms with Crippen molar-refractivity contribution in [2.75, 3.05) is 30.9 Å². The molecule has 18 heavy (non-hydrogen) atoms. The van der Waals surface area contributed by atoms with Gasteiger partial charge in [-0.1, -0.05) is 6.92 Å². The van der Waals surface area contributed by atoms with Crippen molar-refractivity contribution in [2.24, 2.45) is 0 Å². The minimum absolute atomic E-state index is 0.138. The van der Waals surface area contributed by atoms with Crippen molar-refractivity contribution in [3.63, 3.8) is 0 Å². The average Bonchev–Trinajstić information content (AvgIpc) is 2.92. The molecule has 0 aromatic heterocycles. The zero-order chi connectivity index (χ0) is 13.2. The minimum Gasteiger partial charge on any atom is -0.379 e. The molecular formula is C13H19NO3S. The molecule has 1 atom stereocenters. The second-order valence-corrected chi connectivity index (χ2v) is 6.80. The first-order valence-corrected chi connectivity index (χ1v) is 7.83. The fraction of sp³-hybridized carbons (Fsp3) is 0.538. The molecule has 0 bridgehead atoms. The largest absolute Gasteiger partial charge is 0.379 e. The molecule has 1 aliphatic heterocycles. The number of rotatable bonds is 4. The van der Waals surface area contributed by atoms with Gasteiger partial charge in [0, 0.05) is 19.3 Å². The van der Waals surface area contributed by atoms with Gasteiger partial charge in [-0.3, -0.25) is 0 Å². The zero-order valence-electron chi connectivity index (χ0n) is 10.8. The number of anilines is 1. The van der Waals surface area contributed by atoms with Gasteiger partial charge in [0.2, 0.25) is 0 Å². The second kappa shape index (κ2) is 5.28. The van der Waals surface area contributed by atoms with Gasteiger partial charge in [-0.25, -0.2) is 8.42 Å². The summed E-state index contributed by atoms with van der Waals surface area (Å²) in [6.07, 6.45) is 1.02. The fourth-order valence-corrected chi connectivity index (χ4v) is 2.98. The Morgan fingerprint density at radius 2 is 2.00 bits per heavy atom. The van der Waals surface area contributed by atoms with E-state index in [9.17, 15) is 8.42 Å². The third-order valence-electron chi connectivity index (χ3n) is 3.44. The predicted molar refractivity (Wildman–Crippen MR) is 71.8 cm³/mol. The van der Waals surface area contributed by atoms with Crippen molar-refractivity contribution in [3.8, 4) is 0 Å². The summed E-state index contributed by atoms with van der Waals surface area (Å²) < 4.78 is 28.8. The van der Waals surface area contributed by atoms with Crippen LogP contribution in [0.15, 0.2) is 29.2 Å². The van der Waals surface area contributed by atoms with E-state index in [1.165, 1.54) is 0 Å².